The average molecular weight is 247 g/mol. The summed E-state index contributed by atoms with van der Waals surface area (Å²) < 4.78 is 0. The largest absolute Gasteiger partial charge is 0.387 e. The zero-order valence-electron chi connectivity index (χ0n) is 10.6. The number of nitrogens with zero attached hydrogens (tertiary/aromatic N) is 2. The Labute approximate surface area is 106 Å². The third kappa shape index (κ3) is 2.30. The van der Waals surface area contributed by atoms with Crippen LogP contribution in [0.5, 0.6) is 0 Å². The number of likely N-dealkylation sites (N-methyl/N-ethyl adjacent to an activating group) is 1. The lowest BCUT2D eigenvalue weighted by Gasteiger charge is -2.32. The predicted molar refractivity (Wildman–Crippen MR) is 69.5 cm³/mol. The van der Waals surface area contributed by atoms with Crippen molar-refractivity contribution < 1.29 is 9.59 Å². The van der Waals surface area contributed by atoms with Crippen LogP contribution in [0.3, 0.4) is 0 Å². The third-order valence-electron chi connectivity index (χ3n) is 3.17. The van der Waals surface area contributed by atoms with Gasteiger partial charge in [0, 0.05) is 32.9 Å². The van der Waals surface area contributed by atoms with Crippen LogP contribution in [0.4, 0.5) is 5.69 Å². The number of para-hydroxylation sites is 1. The van der Waals surface area contributed by atoms with Gasteiger partial charge in [0.25, 0.3) is 5.91 Å². The van der Waals surface area contributed by atoms with E-state index in [1.54, 1.807) is 30.0 Å². The van der Waals surface area contributed by atoms with E-state index in [2.05, 4.69) is 5.32 Å². The number of carbonyl (C=O) groups is 2. The number of amides is 2. The van der Waals surface area contributed by atoms with Gasteiger partial charge in [-0.05, 0) is 12.1 Å². The Kier molecular flexibility index (Phi) is 3.50. The number of rotatable bonds is 2. The second-order valence-electron chi connectivity index (χ2n) is 4.34. The van der Waals surface area contributed by atoms with Crippen LogP contribution in [0.25, 0.3) is 0 Å². The Morgan fingerprint density at radius 2 is 2.00 bits per heavy atom. The summed E-state index contributed by atoms with van der Waals surface area (Å²) in [5.41, 5.74) is 1.39. The highest BCUT2D eigenvalue weighted by Crippen LogP contribution is 2.17. The highest BCUT2D eigenvalue weighted by molar-refractivity contribution is 6.01. The van der Waals surface area contributed by atoms with Crippen molar-refractivity contribution in [2.45, 2.75) is 0 Å². The van der Waals surface area contributed by atoms with Crippen molar-refractivity contribution in [2.24, 2.45) is 0 Å². The third-order valence-corrected chi connectivity index (χ3v) is 3.17. The van der Waals surface area contributed by atoms with Crippen LogP contribution in [0.1, 0.15) is 10.4 Å². The van der Waals surface area contributed by atoms with Crippen molar-refractivity contribution in [2.75, 3.05) is 39.0 Å². The maximum Gasteiger partial charge on any atom is 0.256 e. The van der Waals surface area contributed by atoms with E-state index in [-0.39, 0.29) is 18.4 Å². The smallest absolute Gasteiger partial charge is 0.256 e. The molecule has 1 N–H and O–H groups in total. The first-order chi connectivity index (χ1) is 8.63. The number of carbonyl (C=O) groups excluding carboxylic acids is 2. The quantitative estimate of drug-likeness (QED) is 0.834. The van der Waals surface area contributed by atoms with Gasteiger partial charge in [0.05, 0.1) is 5.56 Å². The molecule has 1 aliphatic rings. The van der Waals surface area contributed by atoms with Gasteiger partial charge in [0.1, 0.15) is 6.54 Å². The molecule has 0 spiro atoms. The molecule has 18 heavy (non-hydrogen) atoms. The van der Waals surface area contributed by atoms with Gasteiger partial charge < -0.3 is 15.1 Å². The molecule has 1 aliphatic heterocycles. The van der Waals surface area contributed by atoms with Gasteiger partial charge in [-0.1, -0.05) is 12.1 Å². The van der Waals surface area contributed by atoms with Crippen molar-refractivity contribution >= 4 is 17.5 Å². The first-order valence-corrected chi connectivity index (χ1v) is 5.93. The van der Waals surface area contributed by atoms with Crippen molar-refractivity contribution in [3.63, 3.8) is 0 Å². The molecule has 0 atom stereocenters. The maximum absolute atomic E-state index is 12.3. The summed E-state index contributed by atoms with van der Waals surface area (Å²) in [5, 5.41) is 2.99. The summed E-state index contributed by atoms with van der Waals surface area (Å²) in [7, 11) is 3.53. The molecule has 1 aromatic rings. The molecule has 1 heterocycles. The van der Waals surface area contributed by atoms with Crippen LogP contribution in [-0.4, -0.2) is 55.3 Å². The summed E-state index contributed by atoms with van der Waals surface area (Å²) in [5.74, 6) is -0.113. The topological polar surface area (TPSA) is 52.7 Å². The van der Waals surface area contributed by atoms with Crippen LogP contribution in [0.15, 0.2) is 24.3 Å². The zero-order chi connectivity index (χ0) is 13.1. The zero-order valence-corrected chi connectivity index (χ0v) is 10.6. The van der Waals surface area contributed by atoms with Crippen LogP contribution in [0, 0.1) is 0 Å². The second kappa shape index (κ2) is 5.08. The number of anilines is 1. The molecule has 2 amide bonds. The minimum atomic E-state index is -0.0959. The molecule has 1 aromatic carbocycles. The van der Waals surface area contributed by atoms with E-state index in [1.165, 1.54) is 0 Å². The van der Waals surface area contributed by atoms with E-state index in [1.807, 2.05) is 18.2 Å². The van der Waals surface area contributed by atoms with Crippen LogP contribution >= 0.6 is 0 Å². The summed E-state index contributed by atoms with van der Waals surface area (Å²) >= 11 is 0. The predicted octanol–water partition coefficient (Wildman–Crippen LogP) is 0.642. The molecule has 2 rings (SSSR count). The molecule has 0 bridgehead atoms. The monoisotopic (exact) mass is 247 g/mol. The van der Waals surface area contributed by atoms with Gasteiger partial charge in [0.15, 0.2) is 0 Å². The fraction of sp³-hybridized carbons (Fsp3) is 0.385. The molecule has 1 saturated heterocycles. The lowest BCUT2D eigenvalue weighted by molar-refractivity contribution is -0.133. The molecular weight excluding hydrogens is 230 g/mol. The molecule has 0 radical (unpaired) electrons. The minimum absolute atomic E-state index is 0.0171. The fourth-order valence-electron chi connectivity index (χ4n) is 1.99. The number of nitrogens with one attached hydrogen (secondary N) is 1. The Bertz CT molecular complexity index is 473. The molecular formula is C13H17N3O2. The lowest BCUT2D eigenvalue weighted by Crippen LogP contribution is -2.50. The Hall–Kier alpha value is -2.04. The Morgan fingerprint density at radius 1 is 1.28 bits per heavy atom. The van der Waals surface area contributed by atoms with Gasteiger partial charge in [-0.15, -0.1) is 0 Å². The van der Waals surface area contributed by atoms with Crippen LogP contribution in [-0.2, 0) is 4.79 Å². The second-order valence-corrected chi connectivity index (χ2v) is 4.34. The number of hydrogen-bond acceptors (Lipinski definition) is 3. The highest BCUT2D eigenvalue weighted by Gasteiger charge is 2.26. The number of hydrogen-bond donors (Lipinski definition) is 1. The van der Waals surface area contributed by atoms with Gasteiger partial charge >= 0.3 is 0 Å². The summed E-state index contributed by atoms with van der Waals surface area (Å²) in [6, 6.07) is 7.33. The van der Waals surface area contributed by atoms with Gasteiger partial charge in [0.2, 0.25) is 5.91 Å². The number of piperazine rings is 1. The minimum Gasteiger partial charge on any atom is -0.387 e. The normalized spacial score (nSPS) is 15.8. The fourth-order valence-corrected chi connectivity index (χ4v) is 1.99. The number of benzene rings is 1. The van der Waals surface area contributed by atoms with E-state index in [4.69, 9.17) is 0 Å². The first kappa shape index (κ1) is 12.4. The molecule has 0 saturated carbocycles. The summed E-state index contributed by atoms with van der Waals surface area (Å²) in [4.78, 5) is 27.2. The van der Waals surface area contributed by atoms with E-state index < -0.39 is 0 Å². The van der Waals surface area contributed by atoms with E-state index in [0.717, 1.165) is 5.69 Å². The molecule has 5 heteroatoms. The van der Waals surface area contributed by atoms with Crippen LogP contribution in [0.2, 0.25) is 0 Å². The maximum atomic E-state index is 12.3. The van der Waals surface area contributed by atoms with Crippen molar-refractivity contribution in [3.05, 3.63) is 29.8 Å². The van der Waals surface area contributed by atoms with Gasteiger partial charge in [-0.25, -0.2) is 0 Å². The van der Waals surface area contributed by atoms with Crippen molar-refractivity contribution in [1.82, 2.24) is 9.80 Å². The summed E-state index contributed by atoms with van der Waals surface area (Å²) in [6.07, 6.45) is 0. The first-order valence-electron chi connectivity index (χ1n) is 5.93. The SMILES string of the molecule is CNc1ccccc1C(=O)N1CCN(C)C(=O)C1. The molecule has 5 nitrogen and oxygen atoms in total. The standard InChI is InChI=1S/C13H17N3O2/c1-14-11-6-4-3-5-10(11)13(18)16-8-7-15(2)12(17)9-16/h3-6,14H,7-9H2,1-2H3. The van der Waals surface area contributed by atoms with Crippen molar-refractivity contribution in [1.29, 1.82) is 0 Å². The van der Waals surface area contributed by atoms with Crippen molar-refractivity contribution in [3.8, 4) is 0 Å². The molecule has 1 fully saturated rings. The van der Waals surface area contributed by atoms with E-state index in [9.17, 15) is 9.59 Å². The molecule has 0 aliphatic carbocycles. The molecule has 0 unspecified atom stereocenters. The summed E-state index contributed by atoms with van der Waals surface area (Å²) in [6.45, 7) is 1.33. The molecule has 0 aromatic heterocycles. The Morgan fingerprint density at radius 3 is 2.67 bits per heavy atom. The molecule has 96 valence electrons. The van der Waals surface area contributed by atoms with E-state index >= 15 is 0 Å². The lowest BCUT2D eigenvalue weighted by atomic mass is 10.1. The highest BCUT2D eigenvalue weighted by atomic mass is 16.2. The van der Waals surface area contributed by atoms with E-state index in [0.29, 0.717) is 18.7 Å². The van der Waals surface area contributed by atoms with Gasteiger partial charge in [-0.3, -0.25) is 9.59 Å². The Balaban J connectivity index is 2.19. The van der Waals surface area contributed by atoms with Gasteiger partial charge in [-0.2, -0.15) is 0 Å². The average Bonchev–Trinajstić information content (AvgIpc) is 2.41. The van der Waals surface area contributed by atoms with Crippen LogP contribution < -0.4 is 5.32 Å².